The summed E-state index contributed by atoms with van der Waals surface area (Å²) in [6.07, 6.45) is 1.53. The lowest BCUT2D eigenvalue weighted by atomic mass is 10.1. The highest BCUT2D eigenvalue weighted by Crippen LogP contribution is 2.32. The van der Waals surface area contributed by atoms with E-state index >= 15 is 0 Å². The second-order valence-electron chi connectivity index (χ2n) is 3.03. The molecule has 1 aromatic heterocycles. The van der Waals surface area contributed by atoms with Gasteiger partial charge in [-0.2, -0.15) is 0 Å². The molecule has 0 saturated carbocycles. The zero-order valence-corrected chi connectivity index (χ0v) is 9.14. The predicted octanol–water partition coefficient (Wildman–Crippen LogP) is 4.16. The normalized spacial score (nSPS) is 10.5. The Kier molecular flexibility index (Phi) is 2.42. The van der Waals surface area contributed by atoms with E-state index in [1.165, 1.54) is 6.26 Å². The molecule has 0 aliphatic rings. The Morgan fingerprint density at radius 3 is 2.71 bits per heavy atom. The Bertz CT molecular complexity index is 449. The minimum atomic E-state index is -0.241. The van der Waals surface area contributed by atoms with E-state index in [1.54, 1.807) is 25.1 Å². The van der Waals surface area contributed by atoms with Crippen molar-refractivity contribution in [3.05, 3.63) is 46.4 Å². The van der Waals surface area contributed by atoms with Gasteiger partial charge in [0.2, 0.25) is 0 Å². The SMILES string of the molecule is Cc1ccc(Br)c(-c2ccco2)c1F. The molecule has 2 rings (SSSR count). The second-order valence-corrected chi connectivity index (χ2v) is 3.88. The predicted molar refractivity (Wildman–Crippen MR) is 56.5 cm³/mol. The largest absolute Gasteiger partial charge is 0.464 e. The zero-order valence-electron chi connectivity index (χ0n) is 7.55. The number of benzene rings is 1. The van der Waals surface area contributed by atoms with Gasteiger partial charge in [0.25, 0.3) is 0 Å². The van der Waals surface area contributed by atoms with Crippen LogP contribution in [0.2, 0.25) is 0 Å². The molecule has 0 spiro atoms. The van der Waals surface area contributed by atoms with Gasteiger partial charge in [0.1, 0.15) is 11.6 Å². The Balaban J connectivity index is 2.69. The highest BCUT2D eigenvalue weighted by atomic mass is 79.9. The molecule has 0 saturated heterocycles. The fraction of sp³-hybridized carbons (Fsp3) is 0.0909. The Labute approximate surface area is 89.7 Å². The van der Waals surface area contributed by atoms with E-state index in [-0.39, 0.29) is 5.82 Å². The Hall–Kier alpha value is -1.09. The summed E-state index contributed by atoms with van der Waals surface area (Å²) in [4.78, 5) is 0. The lowest BCUT2D eigenvalue weighted by molar-refractivity contribution is 0.566. The van der Waals surface area contributed by atoms with Crippen LogP contribution < -0.4 is 0 Å². The van der Waals surface area contributed by atoms with Crippen LogP contribution in [-0.2, 0) is 0 Å². The Morgan fingerprint density at radius 1 is 1.29 bits per heavy atom. The summed E-state index contributed by atoms with van der Waals surface area (Å²) in [5.74, 6) is 0.299. The van der Waals surface area contributed by atoms with E-state index in [2.05, 4.69) is 15.9 Å². The van der Waals surface area contributed by atoms with Crippen LogP contribution in [-0.4, -0.2) is 0 Å². The highest BCUT2D eigenvalue weighted by molar-refractivity contribution is 9.10. The van der Waals surface area contributed by atoms with Crippen LogP contribution in [0.3, 0.4) is 0 Å². The first-order valence-electron chi connectivity index (χ1n) is 4.18. The number of hydrogen-bond donors (Lipinski definition) is 0. The fourth-order valence-corrected chi connectivity index (χ4v) is 1.80. The third-order valence-corrected chi connectivity index (χ3v) is 2.71. The molecular weight excluding hydrogens is 247 g/mol. The third-order valence-electron chi connectivity index (χ3n) is 2.05. The van der Waals surface area contributed by atoms with Crippen LogP contribution in [0.15, 0.2) is 39.4 Å². The molecule has 3 heteroatoms. The van der Waals surface area contributed by atoms with Gasteiger partial charge in [-0.3, -0.25) is 0 Å². The van der Waals surface area contributed by atoms with E-state index in [9.17, 15) is 4.39 Å². The van der Waals surface area contributed by atoms with Gasteiger partial charge in [0.05, 0.1) is 11.8 Å². The Morgan fingerprint density at radius 2 is 2.07 bits per heavy atom. The van der Waals surface area contributed by atoms with Crippen LogP contribution in [0.4, 0.5) is 4.39 Å². The first-order valence-corrected chi connectivity index (χ1v) is 4.98. The van der Waals surface area contributed by atoms with Crippen molar-refractivity contribution in [3.63, 3.8) is 0 Å². The molecule has 0 amide bonds. The molecule has 2 aromatic rings. The van der Waals surface area contributed by atoms with Crippen LogP contribution in [0.1, 0.15) is 5.56 Å². The molecule has 0 N–H and O–H groups in total. The van der Waals surface area contributed by atoms with Gasteiger partial charge in [-0.1, -0.05) is 6.07 Å². The van der Waals surface area contributed by atoms with Crippen LogP contribution in [0.5, 0.6) is 0 Å². The summed E-state index contributed by atoms with van der Waals surface area (Å²) in [6, 6.07) is 7.02. The first kappa shape index (κ1) is 9.46. The molecule has 0 unspecified atom stereocenters. The van der Waals surface area contributed by atoms with Crippen molar-refractivity contribution in [1.29, 1.82) is 0 Å². The summed E-state index contributed by atoms with van der Waals surface area (Å²) >= 11 is 3.30. The maximum absolute atomic E-state index is 13.7. The molecule has 1 heterocycles. The van der Waals surface area contributed by atoms with E-state index in [4.69, 9.17) is 4.42 Å². The van der Waals surface area contributed by atoms with Gasteiger partial charge in [-0.15, -0.1) is 0 Å². The molecule has 0 bridgehead atoms. The molecule has 0 atom stereocenters. The smallest absolute Gasteiger partial charge is 0.138 e. The molecule has 1 aromatic carbocycles. The van der Waals surface area contributed by atoms with Crippen molar-refractivity contribution in [1.82, 2.24) is 0 Å². The van der Waals surface area contributed by atoms with Gasteiger partial charge >= 0.3 is 0 Å². The van der Waals surface area contributed by atoms with Gasteiger partial charge < -0.3 is 4.42 Å². The van der Waals surface area contributed by atoms with E-state index in [1.807, 2.05) is 6.07 Å². The average molecular weight is 255 g/mol. The lowest BCUT2D eigenvalue weighted by Gasteiger charge is -2.05. The summed E-state index contributed by atoms with van der Waals surface area (Å²) in [5.41, 5.74) is 1.09. The van der Waals surface area contributed by atoms with Gasteiger partial charge in [0.15, 0.2) is 0 Å². The number of aryl methyl sites for hydroxylation is 1. The number of furan rings is 1. The van der Waals surface area contributed by atoms with Crippen molar-refractivity contribution in [2.75, 3.05) is 0 Å². The number of rotatable bonds is 1. The highest BCUT2D eigenvalue weighted by Gasteiger charge is 2.13. The van der Waals surface area contributed by atoms with Gasteiger partial charge in [0, 0.05) is 4.47 Å². The molecule has 1 nitrogen and oxygen atoms in total. The molecule has 0 aliphatic heterocycles. The average Bonchev–Trinajstić information content (AvgIpc) is 2.65. The van der Waals surface area contributed by atoms with Crippen LogP contribution in [0, 0.1) is 12.7 Å². The van der Waals surface area contributed by atoms with Gasteiger partial charge in [-0.05, 0) is 46.6 Å². The van der Waals surface area contributed by atoms with Crippen LogP contribution >= 0.6 is 15.9 Å². The van der Waals surface area contributed by atoms with Crippen molar-refractivity contribution in [3.8, 4) is 11.3 Å². The van der Waals surface area contributed by atoms with Crippen molar-refractivity contribution in [2.45, 2.75) is 6.92 Å². The lowest BCUT2D eigenvalue weighted by Crippen LogP contribution is -1.88. The van der Waals surface area contributed by atoms with Gasteiger partial charge in [-0.25, -0.2) is 4.39 Å². The van der Waals surface area contributed by atoms with Crippen LogP contribution in [0.25, 0.3) is 11.3 Å². The monoisotopic (exact) mass is 254 g/mol. The summed E-state index contributed by atoms with van der Waals surface area (Å²) in [6.45, 7) is 1.73. The van der Waals surface area contributed by atoms with Crippen molar-refractivity contribution < 1.29 is 8.81 Å². The van der Waals surface area contributed by atoms with Crippen molar-refractivity contribution in [2.24, 2.45) is 0 Å². The molecular formula is C11H8BrFO. The summed E-state index contributed by atoms with van der Waals surface area (Å²) in [7, 11) is 0. The topological polar surface area (TPSA) is 13.1 Å². The summed E-state index contributed by atoms with van der Waals surface area (Å²) < 4.78 is 19.6. The third kappa shape index (κ3) is 1.48. The van der Waals surface area contributed by atoms with E-state index in [0.29, 0.717) is 21.4 Å². The van der Waals surface area contributed by atoms with E-state index < -0.39 is 0 Å². The van der Waals surface area contributed by atoms with Crippen molar-refractivity contribution >= 4 is 15.9 Å². The molecule has 72 valence electrons. The standard InChI is InChI=1S/C11H8BrFO/c1-7-4-5-8(12)10(11(7)13)9-3-2-6-14-9/h2-6H,1H3. The molecule has 14 heavy (non-hydrogen) atoms. The number of hydrogen-bond acceptors (Lipinski definition) is 1. The molecule has 0 fully saturated rings. The van der Waals surface area contributed by atoms with E-state index in [0.717, 1.165) is 0 Å². The quantitative estimate of drug-likeness (QED) is 0.745. The molecule has 0 aliphatic carbocycles. The summed E-state index contributed by atoms with van der Waals surface area (Å²) in [5, 5.41) is 0. The minimum absolute atomic E-state index is 0.241. The second kappa shape index (κ2) is 3.58. The maximum Gasteiger partial charge on any atom is 0.138 e. The maximum atomic E-state index is 13.7. The zero-order chi connectivity index (χ0) is 10.1. The fourth-order valence-electron chi connectivity index (χ4n) is 1.30. The number of halogens is 2. The first-order chi connectivity index (χ1) is 6.70. The minimum Gasteiger partial charge on any atom is -0.464 e. The molecule has 0 radical (unpaired) electrons.